The Morgan fingerprint density at radius 2 is 2.00 bits per heavy atom. The lowest BCUT2D eigenvalue weighted by Crippen LogP contribution is -2.44. The molecule has 3 rings (SSSR count). The fourth-order valence-electron chi connectivity index (χ4n) is 3.01. The van der Waals surface area contributed by atoms with E-state index in [1.54, 1.807) is 11.8 Å². The van der Waals surface area contributed by atoms with Crippen molar-refractivity contribution >= 4 is 40.3 Å². The van der Waals surface area contributed by atoms with Gasteiger partial charge in [-0.05, 0) is 31.0 Å². The zero-order valence-electron chi connectivity index (χ0n) is 16.3. The number of rotatable bonds is 6. The molecule has 156 valence electrons. The Balaban J connectivity index is 1.51. The first-order valence-electron chi connectivity index (χ1n) is 9.55. The van der Waals surface area contributed by atoms with E-state index >= 15 is 0 Å². The van der Waals surface area contributed by atoms with Crippen molar-refractivity contribution in [2.45, 2.75) is 19.8 Å². The van der Waals surface area contributed by atoms with Crippen molar-refractivity contribution in [3.63, 3.8) is 0 Å². The number of ether oxygens (including phenoxy) is 1. The summed E-state index contributed by atoms with van der Waals surface area (Å²) < 4.78 is 9.30. The molecule has 2 aromatic rings. The highest BCUT2D eigenvalue weighted by Crippen LogP contribution is 2.21. The first-order chi connectivity index (χ1) is 14.0. The molecular formula is C19H24ClN5O3S. The summed E-state index contributed by atoms with van der Waals surface area (Å²) in [5.41, 5.74) is 1.11. The summed E-state index contributed by atoms with van der Waals surface area (Å²) in [7, 11) is 0. The van der Waals surface area contributed by atoms with Crippen molar-refractivity contribution < 1.29 is 14.3 Å². The zero-order valence-corrected chi connectivity index (χ0v) is 17.8. The summed E-state index contributed by atoms with van der Waals surface area (Å²) in [6.45, 7) is 4.58. The minimum atomic E-state index is -0.431. The third-order valence-electron chi connectivity index (χ3n) is 4.48. The lowest BCUT2D eigenvalue weighted by atomic mass is 10.1. The molecule has 1 aromatic heterocycles. The molecule has 10 heteroatoms. The van der Waals surface area contributed by atoms with Crippen LogP contribution >= 0.6 is 23.1 Å². The first-order valence-corrected chi connectivity index (χ1v) is 10.7. The van der Waals surface area contributed by atoms with Crippen LogP contribution in [-0.2, 0) is 16.0 Å². The highest BCUT2D eigenvalue weighted by atomic mass is 35.5. The van der Waals surface area contributed by atoms with Crippen molar-refractivity contribution in [2.24, 2.45) is 0 Å². The van der Waals surface area contributed by atoms with Crippen molar-refractivity contribution in [2.75, 3.05) is 44.2 Å². The van der Waals surface area contributed by atoms with Gasteiger partial charge in [0.05, 0.1) is 6.61 Å². The molecule has 0 radical (unpaired) electrons. The van der Waals surface area contributed by atoms with Crippen LogP contribution in [0.3, 0.4) is 0 Å². The van der Waals surface area contributed by atoms with Gasteiger partial charge in [0.15, 0.2) is 0 Å². The van der Waals surface area contributed by atoms with Crippen LogP contribution in [0.4, 0.5) is 9.93 Å². The largest absolute Gasteiger partial charge is 0.465 e. The van der Waals surface area contributed by atoms with E-state index in [2.05, 4.69) is 19.6 Å². The number of carbonyl (C=O) groups excluding carboxylic acids is 2. The van der Waals surface area contributed by atoms with Gasteiger partial charge in [-0.25, -0.2) is 9.78 Å². The molecule has 0 spiro atoms. The lowest BCUT2D eigenvalue weighted by molar-refractivity contribution is -0.141. The predicted molar refractivity (Wildman–Crippen MR) is 113 cm³/mol. The zero-order chi connectivity index (χ0) is 20.6. The van der Waals surface area contributed by atoms with E-state index in [-0.39, 0.29) is 12.6 Å². The monoisotopic (exact) mass is 437 g/mol. The van der Waals surface area contributed by atoms with E-state index in [0.29, 0.717) is 37.7 Å². The number of anilines is 1. The van der Waals surface area contributed by atoms with Gasteiger partial charge < -0.3 is 19.9 Å². The fraction of sp³-hybridized carbons (Fsp3) is 0.474. The molecule has 0 atom stereocenters. The Bertz CT molecular complexity index is 830. The summed E-state index contributed by atoms with van der Waals surface area (Å²) in [4.78, 5) is 32.2. The van der Waals surface area contributed by atoms with Gasteiger partial charge in [0.2, 0.25) is 5.13 Å². The van der Waals surface area contributed by atoms with E-state index in [9.17, 15) is 9.59 Å². The molecule has 0 aliphatic carbocycles. The molecule has 0 saturated carbocycles. The van der Waals surface area contributed by atoms with Crippen LogP contribution in [0, 0.1) is 0 Å². The first kappa shape index (κ1) is 21.3. The number of carbonyl (C=O) groups is 2. The summed E-state index contributed by atoms with van der Waals surface area (Å²) in [6, 6.07) is 7.42. The second kappa shape index (κ2) is 10.4. The molecule has 1 fully saturated rings. The number of hydrogen-bond acceptors (Lipinski definition) is 7. The molecule has 1 aliphatic heterocycles. The predicted octanol–water partition coefficient (Wildman–Crippen LogP) is 2.57. The summed E-state index contributed by atoms with van der Waals surface area (Å²) >= 11 is 7.30. The molecule has 1 saturated heterocycles. The number of nitrogens with zero attached hydrogens (tertiary/aromatic N) is 4. The van der Waals surface area contributed by atoms with Crippen LogP contribution in [0.2, 0.25) is 5.02 Å². The highest BCUT2D eigenvalue weighted by Gasteiger charge is 2.21. The summed E-state index contributed by atoms with van der Waals surface area (Å²) in [5, 5.41) is 4.19. The van der Waals surface area contributed by atoms with Crippen LogP contribution in [0.25, 0.3) is 0 Å². The van der Waals surface area contributed by atoms with E-state index in [1.165, 1.54) is 11.5 Å². The van der Waals surface area contributed by atoms with Gasteiger partial charge in [-0.1, -0.05) is 23.7 Å². The molecule has 2 heterocycles. The van der Waals surface area contributed by atoms with Gasteiger partial charge in [0.25, 0.3) is 0 Å². The Hall–Kier alpha value is -2.39. The van der Waals surface area contributed by atoms with Gasteiger partial charge in [-0.2, -0.15) is 4.37 Å². The van der Waals surface area contributed by atoms with E-state index < -0.39 is 5.97 Å². The SMILES string of the molecule is CCOC(=O)CNC(=O)N1CCCN(c2nc(Cc3ccc(Cl)cc3)ns2)CC1. The van der Waals surface area contributed by atoms with Gasteiger partial charge >= 0.3 is 12.0 Å². The maximum Gasteiger partial charge on any atom is 0.325 e. The quantitative estimate of drug-likeness (QED) is 0.699. The normalized spacial score (nSPS) is 14.4. The van der Waals surface area contributed by atoms with Crippen molar-refractivity contribution in [1.82, 2.24) is 19.6 Å². The number of urea groups is 1. The molecule has 1 aliphatic rings. The third kappa shape index (κ3) is 6.30. The number of nitrogens with one attached hydrogen (secondary N) is 1. The van der Waals surface area contributed by atoms with Crippen molar-refractivity contribution in [3.05, 3.63) is 40.7 Å². The second-order valence-corrected chi connectivity index (χ2v) is 7.75. The fourth-order valence-corrected chi connectivity index (χ4v) is 3.88. The second-order valence-electron chi connectivity index (χ2n) is 6.59. The molecule has 2 amide bonds. The standard InChI is InChI=1S/C19H24ClN5O3S/c1-2-28-17(26)13-21-18(27)24-8-3-9-25(11-10-24)19-22-16(23-29-19)12-14-4-6-15(20)7-5-14/h4-7H,2-3,8-13H2,1H3,(H,21,27). The molecule has 29 heavy (non-hydrogen) atoms. The molecule has 1 N–H and O–H groups in total. The Morgan fingerprint density at radius 1 is 1.21 bits per heavy atom. The molecular weight excluding hydrogens is 414 g/mol. The van der Waals surface area contributed by atoms with Gasteiger partial charge in [-0.3, -0.25) is 4.79 Å². The topological polar surface area (TPSA) is 87.7 Å². The van der Waals surface area contributed by atoms with Crippen molar-refractivity contribution in [3.8, 4) is 0 Å². The number of esters is 1. The maximum atomic E-state index is 12.3. The average Bonchev–Trinajstić information content (AvgIpc) is 3.03. The Kier molecular flexibility index (Phi) is 7.65. The Morgan fingerprint density at radius 3 is 2.76 bits per heavy atom. The van der Waals surface area contributed by atoms with Crippen molar-refractivity contribution in [1.29, 1.82) is 0 Å². The van der Waals surface area contributed by atoms with E-state index in [1.807, 2.05) is 24.3 Å². The number of amides is 2. The van der Waals surface area contributed by atoms with Gasteiger partial charge in [-0.15, -0.1) is 0 Å². The number of benzene rings is 1. The van der Waals surface area contributed by atoms with Crippen LogP contribution in [0.15, 0.2) is 24.3 Å². The van der Waals surface area contributed by atoms with Gasteiger partial charge in [0.1, 0.15) is 12.4 Å². The minimum absolute atomic E-state index is 0.114. The van der Waals surface area contributed by atoms with E-state index in [0.717, 1.165) is 29.5 Å². The molecule has 0 unspecified atom stereocenters. The van der Waals surface area contributed by atoms with E-state index in [4.69, 9.17) is 16.3 Å². The minimum Gasteiger partial charge on any atom is -0.465 e. The highest BCUT2D eigenvalue weighted by molar-refractivity contribution is 7.09. The number of halogens is 1. The third-order valence-corrected chi connectivity index (χ3v) is 5.54. The Labute approximate surface area is 179 Å². The summed E-state index contributed by atoms with van der Waals surface area (Å²) in [5.74, 6) is 0.347. The lowest BCUT2D eigenvalue weighted by Gasteiger charge is -2.21. The summed E-state index contributed by atoms with van der Waals surface area (Å²) in [6.07, 6.45) is 1.48. The molecule has 8 nitrogen and oxygen atoms in total. The molecule has 1 aromatic carbocycles. The van der Waals surface area contributed by atoms with Crippen LogP contribution in [0.5, 0.6) is 0 Å². The number of hydrogen-bond donors (Lipinski definition) is 1. The van der Waals surface area contributed by atoms with Crippen LogP contribution < -0.4 is 10.2 Å². The average molecular weight is 438 g/mol. The smallest absolute Gasteiger partial charge is 0.325 e. The van der Waals surface area contributed by atoms with Gasteiger partial charge in [0, 0.05) is 49.2 Å². The molecule has 0 bridgehead atoms. The maximum absolute atomic E-state index is 12.3. The van der Waals surface area contributed by atoms with Crippen LogP contribution in [-0.4, -0.2) is 65.6 Å². The number of aromatic nitrogens is 2. The van der Waals surface area contributed by atoms with Crippen LogP contribution in [0.1, 0.15) is 24.7 Å².